The van der Waals surface area contributed by atoms with E-state index >= 15 is 0 Å². The highest BCUT2D eigenvalue weighted by Gasteiger charge is 2.20. The number of amides is 2. The Balaban J connectivity index is 2.20. The van der Waals surface area contributed by atoms with Crippen LogP contribution in [0.1, 0.15) is 46.0 Å². The Labute approximate surface area is 127 Å². The van der Waals surface area contributed by atoms with Gasteiger partial charge in [-0.1, -0.05) is 20.3 Å². The van der Waals surface area contributed by atoms with Gasteiger partial charge in [0.25, 0.3) is 0 Å². The Kier molecular flexibility index (Phi) is 8.12. The molecule has 3 N–H and O–H groups in total. The topological polar surface area (TPSA) is 81.7 Å². The maximum Gasteiger partial charge on any atom is 0.315 e. The summed E-state index contributed by atoms with van der Waals surface area (Å²) in [4.78, 5) is 24.9. The Hall–Kier alpha value is -1.30. The fourth-order valence-electron chi connectivity index (χ4n) is 2.70. The van der Waals surface area contributed by atoms with E-state index in [0.717, 1.165) is 38.9 Å². The van der Waals surface area contributed by atoms with Crippen LogP contribution in [0.5, 0.6) is 0 Å². The van der Waals surface area contributed by atoms with Crippen molar-refractivity contribution in [2.45, 2.75) is 52.0 Å². The summed E-state index contributed by atoms with van der Waals surface area (Å²) in [5.41, 5.74) is 0. The zero-order chi connectivity index (χ0) is 15.7. The van der Waals surface area contributed by atoms with Crippen molar-refractivity contribution in [2.24, 2.45) is 5.92 Å². The van der Waals surface area contributed by atoms with E-state index in [-0.39, 0.29) is 24.4 Å². The molecule has 0 radical (unpaired) electrons. The molecule has 1 aliphatic heterocycles. The number of aliphatic carboxylic acids is 1. The molecule has 6 nitrogen and oxygen atoms in total. The molecule has 0 aliphatic carbocycles. The highest BCUT2D eigenvalue weighted by atomic mass is 16.4. The molecule has 122 valence electrons. The summed E-state index contributed by atoms with van der Waals surface area (Å²) in [7, 11) is 0. The van der Waals surface area contributed by atoms with Gasteiger partial charge in [0.2, 0.25) is 0 Å². The first-order valence-corrected chi connectivity index (χ1v) is 8.03. The van der Waals surface area contributed by atoms with Gasteiger partial charge in [0, 0.05) is 32.1 Å². The van der Waals surface area contributed by atoms with E-state index in [4.69, 9.17) is 5.11 Å². The van der Waals surface area contributed by atoms with Crippen LogP contribution in [0.3, 0.4) is 0 Å². The highest BCUT2D eigenvalue weighted by molar-refractivity contribution is 5.74. The summed E-state index contributed by atoms with van der Waals surface area (Å²) in [6.45, 7) is 7.75. The van der Waals surface area contributed by atoms with Crippen LogP contribution in [0.2, 0.25) is 0 Å². The molecule has 6 heteroatoms. The maximum atomic E-state index is 11.8. The number of nitrogens with one attached hydrogen (secondary N) is 2. The molecule has 1 aliphatic rings. The second kappa shape index (κ2) is 9.60. The van der Waals surface area contributed by atoms with Crippen molar-refractivity contribution in [3.8, 4) is 0 Å². The van der Waals surface area contributed by atoms with Gasteiger partial charge in [-0.2, -0.15) is 0 Å². The minimum Gasteiger partial charge on any atom is -0.481 e. The van der Waals surface area contributed by atoms with Gasteiger partial charge in [0.15, 0.2) is 0 Å². The summed E-state index contributed by atoms with van der Waals surface area (Å²) in [5, 5.41) is 14.6. The smallest absolute Gasteiger partial charge is 0.315 e. The largest absolute Gasteiger partial charge is 0.481 e. The van der Waals surface area contributed by atoms with Gasteiger partial charge in [0.05, 0.1) is 0 Å². The van der Waals surface area contributed by atoms with Crippen LogP contribution in [0.4, 0.5) is 4.79 Å². The molecule has 0 aromatic rings. The lowest BCUT2D eigenvalue weighted by atomic mass is 10.0. The Morgan fingerprint density at radius 1 is 1.29 bits per heavy atom. The van der Waals surface area contributed by atoms with Gasteiger partial charge >= 0.3 is 12.0 Å². The molecule has 0 bridgehead atoms. The third-order valence-corrected chi connectivity index (χ3v) is 4.05. The van der Waals surface area contributed by atoms with Crippen LogP contribution in [-0.4, -0.2) is 54.2 Å². The number of hydrogen-bond acceptors (Lipinski definition) is 3. The van der Waals surface area contributed by atoms with E-state index in [2.05, 4.69) is 22.5 Å². The fraction of sp³-hybridized carbons (Fsp3) is 0.867. The molecular weight excluding hydrogens is 270 g/mol. The first-order valence-electron chi connectivity index (χ1n) is 8.03. The Bertz CT molecular complexity index is 328. The number of hydrogen-bond donors (Lipinski definition) is 3. The van der Waals surface area contributed by atoms with E-state index in [1.54, 1.807) is 0 Å². The van der Waals surface area contributed by atoms with Crippen molar-refractivity contribution < 1.29 is 14.7 Å². The molecule has 21 heavy (non-hydrogen) atoms. The SMILES string of the molecule is CCCN1CCC(NC(=O)NCC(CC)CC(=O)O)CC1. The lowest BCUT2D eigenvalue weighted by Gasteiger charge is -2.32. The van der Waals surface area contributed by atoms with Crippen molar-refractivity contribution in [1.82, 2.24) is 15.5 Å². The van der Waals surface area contributed by atoms with E-state index in [0.29, 0.717) is 6.54 Å². The average molecular weight is 299 g/mol. The second-order valence-electron chi connectivity index (χ2n) is 5.84. The number of rotatable bonds is 8. The molecule has 0 aromatic heterocycles. The van der Waals surface area contributed by atoms with Gasteiger partial charge in [-0.15, -0.1) is 0 Å². The molecule has 0 spiro atoms. The van der Waals surface area contributed by atoms with E-state index in [1.807, 2.05) is 6.92 Å². The predicted octanol–water partition coefficient (Wildman–Crippen LogP) is 1.66. The monoisotopic (exact) mass is 299 g/mol. The molecule has 0 saturated carbocycles. The van der Waals surface area contributed by atoms with Gasteiger partial charge < -0.3 is 20.6 Å². The number of carbonyl (C=O) groups excluding carboxylic acids is 1. The quantitative estimate of drug-likeness (QED) is 0.636. The number of carbonyl (C=O) groups is 2. The predicted molar refractivity (Wildman–Crippen MR) is 82.3 cm³/mol. The van der Waals surface area contributed by atoms with Gasteiger partial charge in [0.1, 0.15) is 0 Å². The summed E-state index contributed by atoms with van der Waals surface area (Å²) in [5.74, 6) is -0.813. The molecule has 1 rings (SSSR count). The lowest BCUT2D eigenvalue weighted by Crippen LogP contribution is -2.48. The molecule has 1 fully saturated rings. The van der Waals surface area contributed by atoms with Crippen LogP contribution < -0.4 is 10.6 Å². The summed E-state index contributed by atoms with van der Waals surface area (Å²) in [6, 6.07) is 0.0606. The fourth-order valence-corrected chi connectivity index (χ4v) is 2.70. The normalized spacial score (nSPS) is 18.2. The van der Waals surface area contributed by atoms with Gasteiger partial charge in [-0.25, -0.2) is 4.79 Å². The number of piperidine rings is 1. The minimum absolute atomic E-state index is 0.000323. The van der Waals surface area contributed by atoms with Crippen molar-refractivity contribution in [3.63, 3.8) is 0 Å². The number of likely N-dealkylation sites (tertiary alicyclic amines) is 1. The summed E-state index contributed by atoms with van der Waals surface area (Å²) in [6.07, 6.45) is 3.99. The summed E-state index contributed by atoms with van der Waals surface area (Å²) >= 11 is 0. The standard InChI is InChI=1S/C15H29N3O3/c1-3-7-18-8-5-13(6-9-18)17-15(21)16-11-12(4-2)10-14(19)20/h12-13H,3-11H2,1-2H3,(H,19,20)(H2,16,17,21). The number of urea groups is 1. The molecule has 1 heterocycles. The first-order chi connectivity index (χ1) is 10.0. The van der Waals surface area contributed by atoms with Crippen LogP contribution >= 0.6 is 0 Å². The van der Waals surface area contributed by atoms with Gasteiger partial charge in [-0.3, -0.25) is 4.79 Å². The van der Waals surface area contributed by atoms with Crippen molar-refractivity contribution >= 4 is 12.0 Å². The number of carboxylic acid groups (broad SMARTS) is 1. The van der Waals surface area contributed by atoms with Crippen molar-refractivity contribution in [2.75, 3.05) is 26.2 Å². The maximum absolute atomic E-state index is 11.8. The summed E-state index contributed by atoms with van der Waals surface area (Å²) < 4.78 is 0. The zero-order valence-corrected chi connectivity index (χ0v) is 13.2. The molecule has 1 unspecified atom stereocenters. The lowest BCUT2D eigenvalue weighted by molar-refractivity contribution is -0.138. The molecule has 2 amide bonds. The minimum atomic E-state index is -0.813. The van der Waals surface area contributed by atoms with Crippen LogP contribution in [0, 0.1) is 5.92 Å². The first kappa shape index (κ1) is 17.8. The van der Waals surface area contributed by atoms with E-state index in [1.165, 1.54) is 6.42 Å². The third kappa shape index (κ3) is 7.32. The van der Waals surface area contributed by atoms with Crippen molar-refractivity contribution in [3.05, 3.63) is 0 Å². The average Bonchev–Trinajstić information content (AvgIpc) is 2.45. The second-order valence-corrected chi connectivity index (χ2v) is 5.84. The van der Waals surface area contributed by atoms with Crippen molar-refractivity contribution in [1.29, 1.82) is 0 Å². The van der Waals surface area contributed by atoms with Crippen LogP contribution in [0.15, 0.2) is 0 Å². The van der Waals surface area contributed by atoms with Crippen LogP contribution in [0.25, 0.3) is 0 Å². The van der Waals surface area contributed by atoms with Crippen LogP contribution in [-0.2, 0) is 4.79 Å². The van der Waals surface area contributed by atoms with E-state index < -0.39 is 5.97 Å². The zero-order valence-electron chi connectivity index (χ0n) is 13.2. The third-order valence-electron chi connectivity index (χ3n) is 4.05. The highest BCUT2D eigenvalue weighted by Crippen LogP contribution is 2.10. The molecule has 1 saturated heterocycles. The van der Waals surface area contributed by atoms with Gasteiger partial charge in [-0.05, 0) is 31.7 Å². The Morgan fingerprint density at radius 3 is 2.48 bits per heavy atom. The van der Waals surface area contributed by atoms with E-state index in [9.17, 15) is 9.59 Å². The molecular formula is C15H29N3O3. The molecule has 0 aromatic carbocycles. The number of carboxylic acids is 1. The number of nitrogens with zero attached hydrogens (tertiary/aromatic N) is 1. The Morgan fingerprint density at radius 2 is 1.95 bits per heavy atom. The molecule has 1 atom stereocenters.